The van der Waals surface area contributed by atoms with E-state index in [1.807, 2.05) is 0 Å². The van der Waals surface area contributed by atoms with Crippen molar-refractivity contribution < 1.29 is 9.47 Å². The lowest BCUT2D eigenvalue weighted by Gasteiger charge is -2.22. The summed E-state index contributed by atoms with van der Waals surface area (Å²) in [5, 5.41) is 3.36. The molecule has 3 nitrogen and oxygen atoms in total. The summed E-state index contributed by atoms with van der Waals surface area (Å²) in [5.74, 6) is 1.38. The lowest BCUT2D eigenvalue weighted by atomic mass is 9.99. The van der Waals surface area contributed by atoms with Crippen molar-refractivity contribution in [3.05, 3.63) is 0 Å². The lowest BCUT2D eigenvalue weighted by Crippen LogP contribution is -2.30. The number of nitrogens with one attached hydrogen (secondary N) is 1. The van der Waals surface area contributed by atoms with Gasteiger partial charge in [0.05, 0.1) is 13.2 Å². The second kappa shape index (κ2) is 8.08. The number of ether oxygens (including phenoxy) is 2. The summed E-state index contributed by atoms with van der Waals surface area (Å²) >= 11 is 0. The second-order valence-corrected chi connectivity index (χ2v) is 4.74. The molecule has 0 aliphatic carbocycles. The van der Waals surface area contributed by atoms with Crippen LogP contribution < -0.4 is 5.32 Å². The van der Waals surface area contributed by atoms with Gasteiger partial charge in [-0.3, -0.25) is 0 Å². The van der Waals surface area contributed by atoms with Crippen LogP contribution in [-0.2, 0) is 9.47 Å². The third-order valence-corrected chi connectivity index (χ3v) is 2.64. The molecular formula is C12H25NO2. The van der Waals surface area contributed by atoms with E-state index in [0.717, 1.165) is 45.4 Å². The third kappa shape index (κ3) is 6.88. The Balaban J connectivity index is 1.83. The maximum absolute atomic E-state index is 5.60. The van der Waals surface area contributed by atoms with E-state index < -0.39 is 0 Å². The van der Waals surface area contributed by atoms with Crippen molar-refractivity contribution in [3.8, 4) is 0 Å². The Morgan fingerprint density at radius 2 is 1.80 bits per heavy atom. The van der Waals surface area contributed by atoms with Gasteiger partial charge >= 0.3 is 0 Å². The van der Waals surface area contributed by atoms with Crippen LogP contribution in [0.4, 0.5) is 0 Å². The van der Waals surface area contributed by atoms with Crippen LogP contribution in [0.15, 0.2) is 0 Å². The van der Waals surface area contributed by atoms with E-state index in [9.17, 15) is 0 Å². The zero-order valence-corrected chi connectivity index (χ0v) is 10.1. The van der Waals surface area contributed by atoms with Gasteiger partial charge in [0.2, 0.25) is 0 Å². The van der Waals surface area contributed by atoms with Gasteiger partial charge in [-0.1, -0.05) is 13.8 Å². The highest BCUT2D eigenvalue weighted by Crippen LogP contribution is 2.11. The second-order valence-electron chi connectivity index (χ2n) is 4.74. The van der Waals surface area contributed by atoms with Crippen molar-refractivity contribution in [2.75, 3.05) is 39.5 Å². The van der Waals surface area contributed by atoms with E-state index in [4.69, 9.17) is 9.47 Å². The number of rotatable bonds is 7. The van der Waals surface area contributed by atoms with Gasteiger partial charge in [-0.05, 0) is 37.8 Å². The molecule has 15 heavy (non-hydrogen) atoms. The molecule has 1 fully saturated rings. The van der Waals surface area contributed by atoms with Crippen LogP contribution in [0.3, 0.4) is 0 Å². The van der Waals surface area contributed by atoms with E-state index in [1.165, 1.54) is 12.8 Å². The highest BCUT2D eigenvalue weighted by Gasteiger charge is 2.12. The third-order valence-electron chi connectivity index (χ3n) is 2.64. The van der Waals surface area contributed by atoms with Crippen molar-refractivity contribution in [2.24, 2.45) is 11.8 Å². The Hall–Kier alpha value is -0.120. The minimum atomic E-state index is 0.620. The van der Waals surface area contributed by atoms with Crippen LogP contribution in [0.2, 0.25) is 0 Å². The first-order valence-corrected chi connectivity index (χ1v) is 6.15. The normalized spacial score (nSPS) is 18.6. The first kappa shape index (κ1) is 12.9. The molecule has 0 amide bonds. The van der Waals surface area contributed by atoms with E-state index in [-0.39, 0.29) is 0 Å². The molecule has 0 unspecified atom stereocenters. The van der Waals surface area contributed by atoms with Gasteiger partial charge in [-0.2, -0.15) is 0 Å². The average Bonchev–Trinajstić information content (AvgIpc) is 2.24. The van der Waals surface area contributed by atoms with Gasteiger partial charge < -0.3 is 14.8 Å². The lowest BCUT2D eigenvalue weighted by molar-refractivity contribution is 0.0215. The Labute approximate surface area is 93.5 Å². The van der Waals surface area contributed by atoms with Crippen LogP contribution in [0.5, 0.6) is 0 Å². The Morgan fingerprint density at radius 3 is 2.47 bits per heavy atom. The first-order chi connectivity index (χ1) is 7.29. The summed E-state index contributed by atoms with van der Waals surface area (Å²) in [6, 6.07) is 0. The smallest absolute Gasteiger partial charge is 0.0700 e. The van der Waals surface area contributed by atoms with E-state index in [0.29, 0.717) is 5.92 Å². The molecule has 1 aliphatic heterocycles. The molecule has 3 heteroatoms. The molecular weight excluding hydrogens is 190 g/mol. The topological polar surface area (TPSA) is 30.5 Å². The molecule has 0 saturated carbocycles. The SMILES string of the molecule is CC(C)COCCOCC1CCNCC1. The predicted octanol–water partition coefficient (Wildman–Crippen LogP) is 1.68. The van der Waals surface area contributed by atoms with Gasteiger partial charge in [-0.25, -0.2) is 0 Å². The summed E-state index contributed by atoms with van der Waals surface area (Å²) in [6.45, 7) is 9.87. The van der Waals surface area contributed by atoms with Crippen LogP contribution in [-0.4, -0.2) is 39.5 Å². The monoisotopic (exact) mass is 215 g/mol. The molecule has 0 spiro atoms. The fourth-order valence-electron chi connectivity index (χ4n) is 1.74. The molecule has 0 radical (unpaired) electrons. The van der Waals surface area contributed by atoms with Crippen molar-refractivity contribution in [1.29, 1.82) is 0 Å². The summed E-state index contributed by atoms with van der Waals surface area (Å²) in [7, 11) is 0. The van der Waals surface area contributed by atoms with Crippen LogP contribution in [0.25, 0.3) is 0 Å². The molecule has 1 aliphatic rings. The molecule has 0 bridgehead atoms. The molecule has 1 rings (SSSR count). The van der Waals surface area contributed by atoms with E-state index in [2.05, 4.69) is 19.2 Å². The highest BCUT2D eigenvalue weighted by atomic mass is 16.5. The number of hydrogen-bond acceptors (Lipinski definition) is 3. The molecule has 1 saturated heterocycles. The number of hydrogen-bond donors (Lipinski definition) is 1. The maximum atomic E-state index is 5.60. The Bertz CT molecular complexity index is 145. The fourth-order valence-corrected chi connectivity index (χ4v) is 1.74. The van der Waals surface area contributed by atoms with E-state index in [1.54, 1.807) is 0 Å². The quantitative estimate of drug-likeness (QED) is 0.655. The summed E-state index contributed by atoms with van der Waals surface area (Å²) in [6.07, 6.45) is 2.51. The Morgan fingerprint density at radius 1 is 1.13 bits per heavy atom. The average molecular weight is 215 g/mol. The largest absolute Gasteiger partial charge is 0.379 e. The first-order valence-electron chi connectivity index (χ1n) is 6.15. The standard InChI is InChI=1S/C12H25NO2/c1-11(2)9-14-7-8-15-10-12-3-5-13-6-4-12/h11-13H,3-10H2,1-2H3. The molecule has 0 atom stereocenters. The van der Waals surface area contributed by atoms with Gasteiger partial charge in [0.25, 0.3) is 0 Å². The van der Waals surface area contributed by atoms with Crippen molar-refractivity contribution in [3.63, 3.8) is 0 Å². The minimum Gasteiger partial charge on any atom is -0.379 e. The van der Waals surface area contributed by atoms with Gasteiger partial charge in [0.1, 0.15) is 0 Å². The minimum absolute atomic E-state index is 0.620. The van der Waals surface area contributed by atoms with Crippen LogP contribution in [0, 0.1) is 11.8 Å². The Kier molecular flexibility index (Phi) is 6.98. The zero-order valence-electron chi connectivity index (χ0n) is 10.1. The van der Waals surface area contributed by atoms with Crippen LogP contribution >= 0.6 is 0 Å². The van der Waals surface area contributed by atoms with Gasteiger partial charge in [-0.15, -0.1) is 0 Å². The molecule has 0 aromatic carbocycles. The molecule has 90 valence electrons. The van der Waals surface area contributed by atoms with Crippen molar-refractivity contribution in [2.45, 2.75) is 26.7 Å². The summed E-state index contributed by atoms with van der Waals surface area (Å²) in [4.78, 5) is 0. The van der Waals surface area contributed by atoms with Crippen molar-refractivity contribution in [1.82, 2.24) is 5.32 Å². The zero-order chi connectivity index (χ0) is 10.9. The summed E-state index contributed by atoms with van der Waals surface area (Å²) in [5.41, 5.74) is 0. The van der Waals surface area contributed by atoms with Crippen molar-refractivity contribution >= 4 is 0 Å². The molecule has 1 N–H and O–H groups in total. The van der Waals surface area contributed by atoms with E-state index >= 15 is 0 Å². The molecule has 0 aromatic rings. The molecule has 0 aromatic heterocycles. The van der Waals surface area contributed by atoms with Crippen LogP contribution in [0.1, 0.15) is 26.7 Å². The summed E-state index contributed by atoms with van der Waals surface area (Å²) < 4.78 is 11.0. The predicted molar refractivity (Wildman–Crippen MR) is 62.1 cm³/mol. The maximum Gasteiger partial charge on any atom is 0.0700 e. The fraction of sp³-hybridized carbons (Fsp3) is 1.00. The number of piperidine rings is 1. The highest BCUT2D eigenvalue weighted by molar-refractivity contribution is 4.67. The van der Waals surface area contributed by atoms with Gasteiger partial charge in [0.15, 0.2) is 0 Å². The molecule has 1 heterocycles. The van der Waals surface area contributed by atoms with Gasteiger partial charge in [0, 0.05) is 13.2 Å².